The van der Waals surface area contributed by atoms with Crippen molar-refractivity contribution >= 4 is 30.4 Å². The zero-order valence-corrected chi connectivity index (χ0v) is 19.8. The molecule has 1 saturated carbocycles. The first-order valence-electron chi connectivity index (χ1n) is 11.4. The average molecular weight is 439 g/mol. The number of unbranched alkanes of at least 4 members (excludes halogenated alkanes) is 8. The molecule has 29 heavy (non-hydrogen) atoms. The summed E-state index contributed by atoms with van der Waals surface area (Å²) in [5, 5.41) is 0. The zero-order valence-electron chi connectivity index (χ0n) is 18.2. The molecule has 1 fully saturated rings. The Morgan fingerprint density at radius 1 is 1.14 bits per heavy atom. The molecule has 1 N–H and O–H groups in total. The molecular formula is C23H38N2O2S2. The number of hydrogen-bond acceptors (Lipinski definition) is 4. The third-order valence-corrected chi connectivity index (χ3v) is 7.14. The fourth-order valence-electron chi connectivity index (χ4n) is 4.22. The first-order chi connectivity index (χ1) is 13.9. The van der Waals surface area contributed by atoms with E-state index in [-0.39, 0.29) is 11.4 Å². The van der Waals surface area contributed by atoms with Gasteiger partial charge in [0.05, 0.1) is 12.0 Å². The van der Waals surface area contributed by atoms with Gasteiger partial charge >= 0.3 is 5.97 Å². The molecule has 0 aliphatic heterocycles. The molecule has 6 heteroatoms. The summed E-state index contributed by atoms with van der Waals surface area (Å²) in [6, 6.07) is 1.89. The standard InChI is InChI=1S/C23H38N2O2S2/c1-19-13-12-15-23(19,2)21(26)27-18-11-9-7-5-3-4-6-8-10-16-25-17-14-20(28)24-22(25)29/h14,17,19H,3-13,15-16,18H2,1-2H3,(H,24,28,29). The number of ether oxygens (including phenoxy) is 1. The topological polar surface area (TPSA) is 47.0 Å². The summed E-state index contributed by atoms with van der Waals surface area (Å²) in [6.45, 7) is 5.81. The van der Waals surface area contributed by atoms with Crippen LogP contribution in [0.2, 0.25) is 0 Å². The van der Waals surface area contributed by atoms with E-state index in [4.69, 9.17) is 29.2 Å². The summed E-state index contributed by atoms with van der Waals surface area (Å²) >= 11 is 10.4. The minimum Gasteiger partial charge on any atom is -0.465 e. The molecule has 164 valence electrons. The molecule has 0 spiro atoms. The van der Waals surface area contributed by atoms with Crippen LogP contribution in [0.15, 0.2) is 12.3 Å². The van der Waals surface area contributed by atoms with Gasteiger partial charge in [0.1, 0.15) is 4.64 Å². The highest BCUT2D eigenvalue weighted by atomic mass is 32.1. The summed E-state index contributed by atoms with van der Waals surface area (Å²) < 4.78 is 9.04. The van der Waals surface area contributed by atoms with Crippen molar-refractivity contribution in [3.63, 3.8) is 0 Å². The lowest BCUT2D eigenvalue weighted by Gasteiger charge is -2.26. The SMILES string of the molecule is CC1CCCC1(C)C(=O)OCCCCCCCCCCCn1ccc(=S)[nH]c1=S. The Kier molecular flexibility index (Phi) is 10.6. The highest BCUT2D eigenvalue weighted by Gasteiger charge is 2.43. The van der Waals surface area contributed by atoms with E-state index >= 15 is 0 Å². The predicted molar refractivity (Wildman–Crippen MR) is 124 cm³/mol. The molecular weight excluding hydrogens is 400 g/mol. The second kappa shape index (κ2) is 12.6. The molecule has 1 aromatic heterocycles. The molecule has 2 rings (SSSR count). The van der Waals surface area contributed by atoms with E-state index < -0.39 is 0 Å². The third kappa shape index (κ3) is 7.97. The van der Waals surface area contributed by atoms with Gasteiger partial charge in [-0.3, -0.25) is 4.79 Å². The maximum Gasteiger partial charge on any atom is 0.312 e. The van der Waals surface area contributed by atoms with Gasteiger partial charge in [-0.15, -0.1) is 0 Å². The number of nitrogens with one attached hydrogen (secondary N) is 1. The Hall–Kier alpha value is -1.01. The van der Waals surface area contributed by atoms with Crippen molar-refractivity contribution in [2.45, 2.75) is 97.4 Å². The number of rotatable bonds is 13. The van der Waals surface area contributed by atoms with Crippen LogP contribution < -0.4 is 0 Å². The normalized spacial score (nSPS) is 21.4. The number of carbonyl (C=O) groups excluding carboxylic acids is 1. The third-order valence-electron chi connectivity index (χ3n) is 6.56. The van der Waals surface area contributed by atoms with Gasteiger partial charge in [-0.1, -0.05) is 70.5 Å². The summed E-state index contributed by atoms with van der Waals surface area (Å²) in [4.78, 5) is 15.3. The maximum absolute atomic E-state index is 12.3. The molecule has 0 saturated heterocycles. The van der Waals surface area contributed by atoms with Crippen molar-refractivity contribution in [3.8, 4) is 0 Å². The van der Waals surface area contributed by atoms with Crippen LogP contribution in [0.5, 0.6) is 0 Å². The van der Waals surface area contributed by atoms with Crippen molar-refractivity contribution < 1.29 is 9.53 Å². The minimum atomic E-state index is -0.238. The number of esters is 1. The summed E-state index contributed by atoms with van der Waals surface area (Å²) in [6.07, 6.45) is 16.2. The number of nitrogens with zero attached hydrogens (tertiary/aromatic N) is 1. The van der Waals surface area contributed by atoms with Gasteiger partial charge in [-0.05, 0) is 56.8 Å². The fourth-order valence-corrected chi connectivity index (χ4v) is 4.70. The summed E-state index contributed by atoms with van der Waals surface area (Å²) in [5.74, 6) is 0.486. The first-order valence-corrected chi connectivity index (χ1v) is 12.2. The molecule has 4 nitrogen and oxygen atoms in total. The predicted octanol–water partition coefficient (Wildman–Crippen LogP) is 7.16. The quantitative estimate of drug-likeness (QED) is 0.202. The van der Waals surface area contributed by atoms with Crippen molar-refractivity contribution in [1.82, 2.24) is 9.55 Å². The van der Waals surface area contributed by atoms with E-state index in [1.807, 2.05) is 12.3 Å². The van der Waals surface area contributed by atoms with E-state index in [1.54, 1.807) is 0 Å². The lowest BCUT2D eigenvalue weighted by molar-refractivity contribution is -0.157. The summed E-state index contributed by atoms with van der Waals surface area (Å²) in [5.41, 5.74) is -0.238. The van der Waals surface area contributed by atoms with Crippen LogP contribution in [-0.2, 0) is 16.1 Å². The summed E-state index contributed by atoms with van der Waals surface area (Å²) in [7, 11) is 0. The van der Waals surface area contributed by atoms with Gasteiger partial charge in [-0.2, -0.15) is 0 Å². The zero-order chi connectivity index (χ0) is 21.1. The van der Waals surface area contributed by atoms with Gasteiger partial charge < -0.3 is 14.3 Å². The van der Waals surface area contributed by atoms with Gasteiger partial charge in [0.15, 0.2) is 4.77 Å². The molecule has 2 unspecified atom stereocenters. The lowest BCUT2D eigenvalue weighted by atomic mass is 9.81. The molecule has 0 bridgehead atoms. The van der Waals surface area contributed by atoms with Crippen LogP contribution in [0.3, 0.4) is 0 Å². The molecule has 0 radical (unpaired) electrons. The van der Waals surface area contributed by atoms with E-state index in [9.17, 15) is 4.79 Å². The number of carbonyl (C=O) groups is 1. The Balaban J connectivity index is 1.40. The molecule has 1 aliphatic carbocycles. The Morgan fingerprint density at radius 3 is 2.34 bits per heavy atom. The van der Waals surface area contributed by atoms with Gasteiger partial charge in [-0.25, -0.2) is 0 Å². The molecule has 1 aliphatic rings. The Labute approximate surface area is 186 Å². The first kappa shape index (κ1) is 24.3. The van der Waals surface area contributed by atoms with Crippen molar-refractivity contribution in [2.24, 2.45) is 11.3 Å². The number of aryl methyl sites for hydroxylation is 1. The second-order valence-corrected chi connectivity index (χ2v) is 9.66. The monoisotopic (exact) mass is 438 g/mol. The van der Waals surface area contributed by atoms with Crippen molar-refractivity contribution in [2.75, 3.05) is 6.61 Å². The molecule has 2 atom stereocenters. The van der Waals surface area contributed by atoms with Gasteiger partial charge in [0, 0.05) is 12.7 Å². The second-order valence-electron chi connectivity index (χ2n) is 8.83. The molecule has 1 aromatic rings. The van der Waals surface area contributed by atoms with E-state index in [2.05, 4.69) is 23.4 Å². The van der Waals surface area contributed by atoms with Crippen LogP contribution in [0.4, 0.5) is 0 Å². The smallest absolute Gasteiger partial charge is 0.312 e. The van der Waals surface area contributed by atoms with Crippen LogP contribution in [-0.4, -0.2) is 22.1 Å². The largest absolute Gasteiger partial charge is 0.465 e. The molecule has 1 heterocycles. The number of aromatic nitrogens is 2. The highest BCUT2D eigenvalue weighted by Crippen LogP contribution is 2.43. The minimum absolute atomic E-state index is 0.0294. The number of H-pyrrole nitrogens is 1. The molecule has 0 amide bonds. The molecule has 0 aromatic carbocycles. The van der Waals surface area contributed by atoms with Crippen LogP contribution in [0, 0.1) is 20.7 Å². The van der Waals surface area contributed by atoms with E-state index in [1.165, 1.54) is 38.5 Å². The van der Waals surface area contributed by atoms with Gasteiger partial charge in [0.25, 0.3) is 0 Å². The van der Waals surface area contributed by atoms with E-state index in [0.717, 1.165) is 49.8 Å². The Bertz CT molecular complexity index is 743. The lowest BCUT2D eigenvalue weighted by Crippen LogP contribution is -2.32. The number of hydrogen-bond donors (Lipinski definition) is 1. The Morgan fingerprint density at radius 2 is 1.76 bits per heavy atom. The van der Waals surface area contributed by atoms with Crippen molar-refractivity contribution in [1.29, 1.82) is 0 Å². The van der Waals surface area contributed by atoms with Crippen LogP contribution in [0.25, 0.3) is 0 Å². The van der Waals surface area contributed by atoms with Crippen LogP contribution in [0.1, 0.15) is 90.9 Å². The van der Waals surface area contributed by atoms with Crippen molar-refractivity contribution in [3.05, 3.63) is 21.7 Å². The number of aromatic amines is 1. The van der Waals surface area contributed by atoms with Gasteiger partial charge in [0.2, 0.25) is 0 Å². The van der Waals surface area contributed by atoms with E-state index in [0.29, 0.717) is 17.2 Å². The van der Waals surface area contributed by atoms with Crippen LogP contribution >= 0.6 is 24.4 Å². The average Bonchev–Trinajstić information content (AvgIpc) is 3.03. The maximum atomic E-state index is 12.3. The highest BCUT2D eigenvalue weighted by molar-refractivity contribution is 7.72. The fraction of sp³-hybridized carbons (Fsp3) is 0.783.